The highest BCUT2D eigenvalue weighted by molar-refractivity contribution is 8.00. The normalized spacial score (nSPS) is 12.1. The molecule has 0 radical (unpaired) electrons. The van der Waals surface area contributed by atoms with Crippen molar-refractivity contribution < 1.29 is 13.9 Å². The maximum atomic E-state index is 12.4. The molecule has 0 saturated heterocycles. The van der Waals surface area contributed by atoms with Crippen LogP contribution in [0.25, 0.3) is 11.1 Å². The van der Waals surface area contributed by atoms with E-state index in [0.29, 0.717) is 27.3 Å². The molecule has 5 nitrogen and oxygen atoms in total. The Labute approximate surface area is 148 Å². The van der Waals surface area contributed by atoms with Crippen LogP contribution in [0.4, 0.5) is 5.69 Å². The minimum absolute atomic E-state index is 0.192. The number of anilines is 1. The van der Waals surface area contributed by atoms with Gasteiger partial charge < -0.3 is 14.5 Å². The Hall–Kier alpha value is -2.18. The summed E-state index contributed by atoms with van der Waals surface area (Å²) in [7, 11) is 1.54. The van der Waals surface area contributed by atoms with E-state index in [1.807, 2.05) is 24.3 Å². The molecule has 1 amide bonds. The van der Waals surface area contributed by atoms with Gasteiger partial charge in [-0.25, -0.2) is 4.98 Å². The van der Waals surface area contributed by atoms with Crippen LogP contribution in [0.5, 0.6) is 5.75 Å². The number of amides is 1. The summed E-state index contributed by atoms with van der Waals surface area (Å²) in [5.74, 6) is 0.356. The highest BCUT2D eigenvalue weighted by Crippen LogP contribution is 2.30. The van der Waals surface area contributed by atoms with Crippen LogP contribution in [0, 0.1) is 0 Å². The molecule has 124 valence electrons. The molecule has 1 N–H and O–H groups in total. The van der Waals surface area contributed by atoms with Gasteiger partial charge in [-0.2, -0.15) is 0 Å². The highest BCUT2D eigenvalue weighted by Gasteiger charge is 2.19. The summed E-state index contributed by atoms with van der Waals surface area (Å²) < 4.78 is 10.9. The van der Waals surface area contributed by atoms with Gasteiger partial charge in [-0.1, -0.05) is 35.5 Å². The molecule has 24 heavy (non-hydrogen) atoms. The lowest BCUT2D eigenvalue weighted by Gasteiger charge is -2.13. The third-order valence-electron chi connectivity index (χ3n) is 3.34. The van der Waals surface area contributed by atoms with Crippen molar-refractivity contribution in [2.75, 3.05) is 12.4 Å². The molecule has 0 bridgehead atoms. The molecule has 0 unspecified atom stereocenters. The summed E-state index contributed by atoms with van der Waals surface area (Å²) in [4.78, 5) is 16.8. The average Bonchev–Trinajstić information content (AvgIpc) is 2.97. The number of hydrogen-bond donors (Lipinski definition) is 1. The molecule has 0 saturated carbocycles. The van der Waals surface area contributed by atoms with Crippen LogP contribution in [-0.2, 0) is 4.79 Å². The zero-order chi connectivity index (χ0) is 17.1. The van der Waals surface area contributed by atoms with Gasteiger partial charge in [0.2, 0.25) is 5.91 Å². The van der Waals surface area contributed by atoms with E-state index in [2.05, 4.69) is 10.3 Å². The van der Waals surface area contributed by atoms with Gasteiger partial charge in [-0.05, 0) is 37.3 Å². The number of oxazole rings is 1. The van der Waals surface area contributed by atoms with Gasteiger partial charge in [-0.15, -0.1) is 0 Å². The molecule has 0 aliphatic heterocycles. The predicted octanol–water partition coefficient (Wildman–Crippen LogP) is 4.61. The number of para-hydroxylation sites is 2. The summed E-state index contributed by atoms with van der Waals surface area (Å²) in [6.07, 6.45) is 0. The van der Waals surface area contributed by atoms with E-state index in [1.165, 1.54) is 18.9 Å². The van der Waals surface area contributed by atoms with E-state index in [-0.39, 0.29) is 5.91 Å². The second-order valence-corrected chi connectivity index (χ2v) is 6.77. The summed E-state index contributed by atoms with van der Waals surface area (Å²) in [6.45, 7) is 1.78. The number of carbonyl (C=O) groups is 1. The maximum absolute atomic E-state index is 12.4. The first kappa shape index (κ1) is 16.7. The average molecular weight is 363 g/mol. The number of methoxy groups -OCH3 is 1. The van der Waals surface area contributed by atoms with E-state index in [9.17, 15) is 4.79 Å². The Kier molecular flexibility index (Phi) is 4.97. The molecule has 1 aromatic heterocycles. The largest absolute Gasteiger partial charge is 0.495 e. The van der Waals surface area contributed by atoms with Crippen molar-refractivity contribution in [1.82, 2.24) is 4.98 Å². The van der Waals surface area contributed by atoms with Gasteiger partial charge in [0.05, 0.1) is 18.0 Å². The monoisotopic (exact) mass is 362 g/mol. The lowest BCUT2D eigenvalue weighted by Crippen LogP contribution is -2.22. The highest BCUT2D eigenvalue weighted by atomic mass is 35.5. The zero-order valence-electron chi connectivity index (χ0n) is 13.1. The number of rotatable bonds is 5. The number of aromatic nitrogens is 1. The molecule has 0 fully saturated rings. The Balaban J connectivity index is 1.71. The van der Waals surface area contributed by atoms with Gasteiger partial charge in [0.1, 0.15) is 11.3 Å². The Morgan fingerprint density at radius 3 is 2.88 bits per heavy atom. The molecule has 1 heterocycles. The number of thioether (sulfide) groups is 1. The van der Waals surface area contributed by atoms with Crippen molar-refractivity contribution in [2.24, 2.45) is 0 Å². The zero-order valence-corrected chi connectivity index (χ0v) is 14.6. The third-order valence-corrected chi connectivity index (χ3v) is 4.52. The Morgan fingerprint density at radius 1 is 1.33 bits per heavy atom. The van der Waals surface area contributed by atoms with Gasteiger partial charge >= 0.3 is 0 Å². The molecular weight excluding hydrogens is 348 g/mol. The van der Waals surface area contributed by atoms with Crippen LogP contribution in [0.1, 0.15) is 6.92 Å². The fraction of sp³-hybridized carbons (Fsp3) is 0.176. The fourth-order valence-electron chi connectivity index (χ4n) is 2.12. The number of carbonyl (C=O) groups excluding carboxylic acids is 1. The molecule has 7 heteroatoms. The van der Waals surface area contributed by atoms with Crippen molar-refractivity contribution in [3.63, 3.8) is 0 Å². The number of nitrogens with zero attached hydrogens (tertiary/aromatic N) is 1. The molecule has 1 atom stereocenters. The molecule has 0 spiro atoms. The molecule has 3 rings (SSSR count). The first-order chi connectivity index (χ1) is 11.6. The summed E-state index contributed by atoms with van der Waals surface area (Å²) in [5.41, 5.74) is 1.99. The number of fused-ring (bicyclic) bond motifs is 1. The number of halogens is 1. The predicted molar refractivity (Wildman–Crippen MR) is 96.0 cm³/mol. The fourth-order valence-corrected chi connectivity index (χ4v) is 3.05. The van der Waals surface area contributed by atoms with Crippen LogP contribution >= 0.6 is 23.4 Å². The number of benzene rings is 2. The quantitative estimate of drug-likeness (QED) is 0.671. The Bertz CT molecular complexity index is 848. The topological polar surface area (TPSA) is 64.4 Å². The summed E-state index contributed by atoms with van der Waals surface area (Å²) >= 11 is 7.23. The second kappa shape index (κ2) is 7.15. The first-order valence-corrected chi connectivity index (χ1v) is 8.49. The van der Waals surface area contributed by atoms with Gasteiger partial charge in [0.15, 0.2) is 5.58 Å². The maximum Gasteiger partial charge on any atom is 0.257 e. The van der Waals surface area contributed by atoms with Gasteiger partial charge in [0, 0.05) is 5.02 Å². The number of hydrogen-bond acceptors (Lipinski definition) is 5. The third kappa shape index (κ3) is 3.66. The van der Waals surface area contributed by atoms with Gasteiger partial charge in [0.25, 0.3) is 5.22 Å². The van der Waals surface area contributed by atoms with E-state index in [0.717, 1.165) is 5.52 Å². The van der Waals surface area contributed by atoms with Crippen molar-refractivity contribution >= 4 is 46.1 Å². The van der Waals surface area contributed by atoms with Crippen molar-refractivity contribution in [2.45, 2.75) is 17.4 Å². The minimum Gasteiger partial charge on any atom is -0.495 e. The summed E-state index contributed by atoms with van der Waals surface area (Å²) in [5, 5.41) is 3.39. The van der Waals surface area contributed by atoms with Crippen molar-refractivity contribution in [3.05, 3.63) is 47.5 Å². The van der Waals surface area contributed by atoms with E-state index in [1.54, 1.807) is 25.1 Å². The molecule has 0 aliphatic carbocycles. The van der Waals surface area contributed by atoms with Crippen molar-refractivity contribution in [3.8, 4) is 5.75 Å². The van der Waals surface area contributed by atoms with E-state index >= 15 is 0 Å². The smallest absolute Gasteiger partial charge is 0.257 e. The van der Waals surface area contributed by atoms with Gasteiger partial charge in [-0.3, -0.25) is 4.79 Å². The van der Waals surface area contributed by atoms with Crippen molar-refractivity contribution in [1.29, 1.82) is 0 Å². The molecule has 0 aliphatic rings. The van der Waals surface area contributed by atoms with Crippen LogP contribution < -0.4 is 10.1 Å². The van der Waals surface area contributed by atoms with E-state index < -0.39 is 5.25 Å². The summed E-state index contributed by atoms with van der Waals surface area (Å²) in [6, 6.07) is 12.5. The first-order valence-electron chi connectivity index (χ1n) is 7.23. The molecular formula is C17H15ClN2O3S. The van der Waals surface area contributed by atoms with Crippen LogP contribution in [-0.4, -0.2) is 23.3 Å². The SMILES string of the molecule is COc1ccc(Cl)cc1NC(=O)[C@@H](C)Sc1nc2ccccc2o1. The molecule has 2 aromatic carbocycles. The van der Waals surface area contributed by atoms with Crippen LogP contribution in [0.3, 0.4) is 0 Å². The lowest BCUT2D eigenvalue weighted by molar-refractivity contribution is -0.115. The number of ether oxygens (including phenoxy) is 1. The standard InChI is InChI=1S/C17H15ClN2O3S/c1-10(24-17-20-12-5-3-4-6-15(12)23-17)16(21)19-13-9-11(18)7-8-14(13)22-2/h3-10H,1-2H3,(H,19,21)/t10-/m1/s1. The van der Waals surface area contributed by atoms with Crippen LogP contribution in [0.15, 0.2) is 52.1 Å². The Morgan fingerprint density at radius 2 is 2.12 bits per heavy atom. The second-order valence-electron chi connectivity index (χ2n) is 5.04. The van der Waals surface area contributed by atoms with E-state index in [4.69, 9.17) is 20.8 Å². The molecule has 3 aromatic rings. The number of nitrogens with one attached hydrogen (secondary N) is 1. The minimum atomic E-state index is -0.401. The van der Waals surface area contributed by atoms with Crippen LogP contribution in [0.2, 0.25) is 5.02 Å². The lowest BCUT2D eigenvalue weighted by atomic mass is 10.3.